The molecule has 3 aromatic rings. The molecule has 1 saturated carbocycles. The molecule has 182 valence electrons. The fourth-order valence-corrected chi connectivity index (χ4v) is 4.73. The van der Waals surface area contributed by atoms with Crippen LogP contribution in [0.15, 0.2) is 60.2 Å². The van der Waals surface area contributed by atoms with E-state index in [2.05, 4.69) is 20.7 Å². The normalized spacial score (nSPS) is 14.1. The van der Waals surface area contributed by atoms with Gasteiger partial charge in [-0.3, -0.25) is 19.3 Å². The van der Waals surface area contributed by atoms with Gasteiger partial charge in [-0.1, -0.05) is 31.4 Å². The van der Waals surface area contributed by atoms with Crippen molar-refractivity contribution in [2.75, 3.05) is 5.32 Å². The van der Waals surface area contributed by atoms with E-state index in [0.29, 0.717) is 17.1 Å². The first-order chi connectivity index (χ1) is 16.9. The summed E-state index contributed by atoms with van der Waals surface area (Å²) in [6, 6.07) is 9.45. The minimum atomic E-state index is -0.330. The second-order valence-corrected chi connectivity index (χ2v) is 9.22. The highest BCUT2D eigenvalue weighted by Gasteiger charge is 2.21. The Morgan fingerprint density at radius 3 is 2.11 bits per heavy atom. The highest BCUT2D eigenvalue weighted by Crippen LogP contribution is 2.28. The lowest BCUT2D eigenvalue weighted by Gasteiger charge is -2.19. The number of rotatable bonds is 5. The number of amides is 2. The van der Waals surface area contributed by atoms with Crippen LogP contribution in [0.2, 0.25) is 0 Å². The molecular weight excluding hydrogens is 438 g/mol. The average molecular weight is 472 g/mol. The minimum Gasteiger partial charge on any atom is -0.321 e. The Labute approximate surface area is 206 Å². The molecule has 7 nitrogen and oxygen atoms in total. The van der Waals surface area contributed by atoms with E-state index >= 15 is 0 Å². The molecule has 1 fully saturated rings. The number of benzene rings is 1. The summed E-state index contributed by atoms with van der Waals surface area (Å²) < 4.78 is 1.51. The first kappa shape index (κ1) is 24.4. The lowest BCUT2D eigenvalue weighted by Crippen LogP contribution is -2.33. The SMILES string of the molecule is Cc1cncc(C)c1-c1ccc(NC(=O)C(NC(=O)c2ccnn2C)=C2CCCCCCC2)cc1. The van der Waals surface area contributed by atoms with Crippen LogP contribution in [0.25, 0.3) is 11.1 Å². The molecule has 1 aliphatic rings. The van der Waals surface area contributed by atoms with Gasteiger partial charge in [0.05, 0.1) is 0 Å². The van der Waals surface area contributed by atoms with Crippen LogP contribution in [0.4, 0.5) is 5.69 Å². The van der Waals surface area contributed by atoms with E-state index in [1.165, 1.54) is 11.1 Å². The van der Waals surface area contributed by atoms with Crippen LogP contribution in [0.3, 0.4) is 0 Å². The molecule has 0 bridgehead atoms. The number of aromatic nitrogens is 3. The molecule has 0 aliphatic heterocycles. The summed E-state index contributed by atoms with van der Waals surface area (Å²) >= 11 is 0. The van der Waals surface area contributed by atoms with Gasteiger partial charge in [-0.05, 0) is 85.6 Å². The summed E-state index contributed by atoms with van der Waals surface area (Å²) in [5, 5.41) is 9.99. The van der Waals surface area contributed by atoms with Gasteiger partial charge in [0, 0.05) is 31.3 Å². The molecule has 2 heterocycles. The fourth-order valence-electron chi connectivity index (χ4n) is 4.73. The zero-order chi connectivity index (χ0) is 24.8. The Morgan fingerprint density at radius 1 is 0.886 bits per heavy atom. The van der Waals surface area contributed by atoms with Crippen LogP contribution in [0.1, 0.15) is 66.6 Å². The van der Waals surface area contributed by atoms with Crippen molar-refractivity contribution in [2.24, 2.45) is 7.05 Å². The van der Waals surface area contributed by atoms with Gasteiger partial charge in [0.2, 0.25) is 0 Å². The standard InChI is InChI=1S/C28H33N5O2/c1-19-17-29-18-20(2)25(19)21-11-13-23(14-12-21)31-28(35)26(22-9-7-5-4-6-8-10-22)32-27(34)24-15-16-30-33(24)3/h11-18H,4-10H2,1-3H3,(H,31,35)(H,32,34). The molecular formula is C28H33N5O2. The molecule has 0 atom stereocenters. The van der Waals surface area contributed by atoms with E-state index in [0.717, 1.165) is 66.4 Å². The van der Waals surface area contributed by atoms with Crippen molar-refractivity contribution in [3.05, 3.63) is 77.0 Å². The van der Waals surface area contributed by atoms with Crippen molar-refractivity contribution in [2.45, 2.75) is 58.8 Å². The predicted octanol–water partition coefficient (Wildman–Crippen LogP) is 5.47. The molecule has 35 heavy (non-hydrogen) atoms. The third-order valence-corrected chi connectivity index (χ3v) is 6.59. The van der Waals surface area contributed by atoms with Gasteiger partial charge in [0.15, 0.2) is 0 Å². The van der Waals surface area contributed by atoms with E-state index in [-0.39, 0.29) is 11.8 Å². The molecule has 2 amide bonds. The maximum atomic E-state index is 13.4. The monoisotopic (exact) mass is 471 g/mol. The summed E-state index contributed by atoms with van der Waals surface area (Å²) in [6.45, 7) is 4.09. The van der Waals surface area contributed by atoms with Gasteiger partial charge in [-0.2, -0.15) is 5.10 Å². The molecule has 0 unspecified atom stereocenters. The predicted molar refractivity (Wildman–Crippen MR) is 138 cm³/mol. The van der Waals surface area contributed by atoms with Crippen molar-refractivity contribution >= 4 is 17.5 Å². The number of allylic oxidation sites excluding steroid dienone is 1. The Kier molecular flexibility index (Phi) is 7.75. The maximum absolute atomic E-state index is 13.4. The van der Waals surface area contributed by atoms with Gasteiger partial charge in [0.25, 0.3) is 11.8 Å². The van der Waals surface area contributed by atoms with E-state index in [4.69, 9.17) is 0 Å². The highest BCUT2D eigenvalue weighted by atomic mass is 16.2. The Hall–Kier alpha value is -3.74. The van der Waals surface area contributed by atoms with Gasteiger partial charge in [-0.25, -0.2) is 0 Å². The van der Waals surface area contributed by atoms with Crippen molar-refractivity contribution < 1.29 is 9.59 Å². The smallest absolute Gasteiger partial charge is 0.274 e. The number of aryl methyl sites for hydroxylation is 3. The number of anilines is 1. The topological polar surface area (TPSA) is 88.9 Å². The van der Waals surface area contributed by atoms with Gasteiger partial charge >= 0.3 is 0 Å². The fraction of sp³-hybridized carbons (Fsp3) is 0.357. The van der Waals surface area contributed by atoms with Gasteiger partial charge < -0.3 is 10.6 Å². The molecule has 2 aromatic heterocycles. The van der Waals surface area contributed by atoms with E-state index in [1.54, 1.807) is 19.3 Å². The summed E-state index contributed by atoms with van der Waals surface area (Å²) in [6.07, 6.45) is 12.5. The third-order valence-electron chi connectivity index (χ3n) is 6.59. The molecule has 0 spiro atoms. The summed E-state index contributed by atoms with van der Waals surface area (Å²) in [4.78, 5) is 30.7. The van der Waals surface area contributed by atoms with E-state index < -0.39 is 0 Å². The highest BCUT2D eigenvalue weighted by molar-refractivity contribution is 6.08. The molecule has 1 aromatic carbocycles. The molecule has 0 radical (unpaired) electrons. The largest absolute Gasteiger partial charge is 0.321 e. The van der Waals surface area contributed by atoms with Crippen molar-refractivity contribution in [3.63, 3.8) is 0 Å². The minimum absolute atomic E-state index is 0.292. The van der Waals surface area contributed by atoms with Crippen molar-refractivity contribution in [1.82, 2.24) is 20.1 Å². The first-order valence-corrected chi connectivity index (χ1v) is 12.3. The zero-order valence-electron chi connectivity index (χ0n) is 20.7. The molecule has 4 rings (SSSR count). The number of carbonyl (C=O) groups excluding carboxylic acids is 2. The lowest BCUT2D eigenvalue weighted by atomic mass is 9.94. The second kappa shape index (κ2) is 11.1. The van der Waals surface area contributed by atoms with Crippen LogP contribution in [-0.2, 0) is 11.8 Å². The Bertz CT molecular complexity index is 1210. The van der Waals surface area contributed by atoms with Crippen LogP contribution in [0, 0.1) is 13.8 Å². The van der Waals surface area contributed by atoms with Crippen molar-refractivity contribution in [3.8, 4) is 11.1 Å². The summed E-state index contributed by atoms with van der Waals surface area (Å²) in [5.41, 5.74) is 6.91. The molecule has 1 aliphatic carbocycles. The molecule has 0 saturated heterocycles. The second-order valence-electron chi connectivity index (χ2n) is 9.22. The average Bonchev–Trinajstić information content (AvgIpc) is 3.24. The molecule has 7 heteroatoms. The maximum Gasteiger partial charge on any atom is 0.274 e. The third kappa shape index (κ3) is 5.85. The Morgan fingerprint density at radius 2 is 1.51 bits per heavy atom. The van der Waals surface area contributed by atoms with Crippen LogP contribution >= 0.6 is 0 Å². The zero-order valence-corrected chi connectivity index (χ0v) is 20.7. The first-order valence-electron chi connectivity index (χ1n) is 12.3. The number of carbonyl (C=O) groups is 2. The van der Waals surface area contributed by atoms with E-state index in [1.807, 2.05) is 50.5 Å². The van der Waals surface area contributed by atoms with Crippen LogP contribution in [0.5, 0.6) is 0 Å². The van der Waals surface area contributed by atoms with Crippen molar-refractivity contribution in [1.29, 1.82) is 0 Å². The van der Waals surface area contributed by atoms with E-state index in [9.17, 15) is 9.59 Å². The van der Waals surface area contributed by atoms with Gasteiger partial charge in [0.1, 0.15) is 11.4 Å². The lowest BCUT2D eigenvalue weighted by molar-refractivity contribution is -0.113. The number of hydrogen-bond donors (Lipinski definition) is 2. The number of pyridine rings is 1. The summed E-state index contributed by atoms with van der Waals surface area (Å²) in [7, 11) is 1.71. The Balaban J connectivity index is 1.58. The molecule has 2 N–H and O–H groups in total. The number of nitrogens with one attached hydrogen (secondary N) is 2. The quantitative estimate of drug-likeness (QED) is 0.483. The van der Waals surface area contributed by atoms with Crippen LogP contribution in [-0.4, -0.2) is 26.6 Å². The van der Waals surface area contributed by atoms with Gasteiger partial charge in [-0.15, -0.1) is 0 Å². The summed E-state index contributed by atoms with van der Waals surface area (Å²) in [5.74, 6) is -0.621. The number of hydrogen-bond acceptors (Lipinski definition) is 4. The van der Waals surface area contributed by atoms with Crippen LogP contribution < -0.4 is 10.6 Å². The number of nitrogens with zero attached hydrogens (tertiary/aromatic N) is 3.